The van der Waals surface area contributed by atoms with Gasteiger partial charge in [-0.05, 0) is 55.3 Å². The monoisotopic (exact) mass is 497 g/mol. The van der Waals surface area contributed by atoms with E-state index in [0.29, 0.717) is 36.5 Å². The zero-order chi connectivity index (χ0) is 23.8. The molecule has 0 aliphatic carbocycles. The molecule has 1 aliphatic heterocycles. The van der Waals surface area contributed by atoms with Crippen molar-refractivity contribution in [1.29, 1.82) is 0 Å². The largest absolute Gasteiger partial charge is 0.416 e. The number of likely N-dealkylation sites (tertiary alicyclic amines) is 1. The van der Waals surface area contributed by atoms with E-state index in [1.807, 2.05) is 0 Å². The highest BCUT2D eigenvalue weighted by atomic mass is 35.5. The predicted molar refractivity (Wildman–Crippen MR) is 120 cm³/mol. The van der Waals surface area contributed by atoms with E-state index in [0.717, 1.165) is 28.2 Å². The van der Waals surface area contributed by atoms with Crippen LogP contribution in [0.25, 0.3) is 10.2 Å². The summed E-state index contributed by atoms with van der Waals surface area (Å²) in [7, 11) is 0. The summed E-state index contributed by atoms with van der Waals surface area (Å²) < 4.78 is 40.1. The summed E-state index contributed by atoms with van der Waals surface area (Å²) in [4.78, 5) is 39.0. The van der Waals surface area contributed by atoms with E-state index in [1.54, 1.807) is 23.1 Å². The van der Waals surface area contributed by atoms with Gasteiger partial charge in [0.2, 0.25) is 11.8 Å². The number of alkyl halides is 3. The van der Waals surface area contributed by atoms with Crippen LogP contribution in [0.2, 0.25) is 5.02 Å². The minimum absolute atomic E-state index is 0.110. The molecule has 0 spiro atoms. The average Bonchev–Trinajstić information content (AvgIpc) is 3.08. The number of hydrogen-bond acceptors (Lipinski definition) is 4. The Morgan fingerprint density at radius 3 is 2.39 bits per heavy atom. The molecule has 3 aromatic rings. The smallest absolute Gasteiger partial charge is 0.341 e. The molecule has 2 aromatic carbocycles. The number of carbonyl (C=O) groups excluding carboxylic acids is 2. The molecule has 0 saturated carbocycles. The number of rotatable bonds is 4. The molecule has 2 heterocycles. The molecular weight excluding hydrogens is 479 g/mol. The third-order valence-corrected chi connectivity index (χ3v) is 6.82. The second-order valence-electron chi connectivity index (χ2n) is 7.79. The molecule has 0 bridgehead atoms. The Kier molecular flexibility index (Phi) is 6.49. The Balaban J connectivity index is 1.33. The van der Waals surface area contributed by atoms with Crippen molar-refractivity contribution >= 4 is 50.7 Å². The van der Waals surface area contributed by atoms with Crippen LogP contribution in [-0.2, 0) is 22.3 Å². The topological polar surface area (TPSA) is 71.4 Å². The SMILES string of the molecule is O=C(Nc1ccc(C(F)(F)F)cc1)C1CCN(C(=O)Cn2c(=O)sc3ccc(Cl)cc32)CC1. The second-order valence-corrected chi connectivity index (χ2v) is 9.22. The van der Waals surface area contributed by atoms with Crippen LogP contribution in [0.5, 0.6) is 0 Å². The number of anilines is 1. The number of nitrogens with zero attached hydrogens (tertiary/aromatic N) is 2. The van der Waals surface area contributed by atoms with Crippen LogP contribution in [0, 0.1) is 5.92 Å². The maximum atomic E-state index is 12.8. The van der Waals surface area contributed by atoms with Gasteiger partial charge in [-0.1, -0.05) is 22.9 Å². The number of piperidine rings is 1. The first-order chi connectivity index (χ1) is 15.6. The van der Waals surface area contributed by atoms with Crippen LogP contribution in [0.15, 0.2) is 47.3 Å². The van der Waals surface area contributed by atoms with Crippen LogP contribution in [0.4, 0.5) is 18.9 Å². The van der Waals surface area contributed by atoms with E-state index < -0.39 is 11.7 Å². The second kappa shape index (κ2) is 9.18. The molecule has 0 radical (unpaired) electrons. The zero-order valence-corrected chi connectivity index (χ0v) is 18.8. The van der Waals surface area contributed by atoms with E-state index in [9.17, 15) is 27.6 Å². The van der Waals surface area contributed by atoms with Crippen molar-refractivity contribution in [3.8, 4) is 0 Å². The molecule has 174 valence electrons. The number of nitrogens with one attached hydrogen (secondary N) is 1. The first kappa shape index (κ1) is 23.3. The van der Waals surface area contributed by atoms with Crippen molar-refractivity contribution in [2.45, 2.75) is 25.6 Å². The lowest BCUT2D eigenvalue weighted by atomic mass is 9.95. The quantitative estimate of drug-likeness (QED) is 0.572. The van der Waals surface area contributed by atoms with Gasteiger partial charge < -0.3 is 10.2 Å². The van der Waals surface area contributed by atoms with E-state index in [-0.39, 0.29) is 34.8 Å². The standard InChI is InChI=1S/C22H19ClF3N3O3S/c23-15-3-6-18-17(11-15)29(21(32)33-18)12-19(30)28-9-7-13(8-10-28)20(31)27-16-4-1-14(2-5-16)22(24,25)26/h1-6,11,13H,7-10,12H2,(H,27,31). The molecule has 1 aliphatic rings. The van der Waals surface area contributed by atoms with Crippen molar-refractivity contribution in [2.24, 2.45) is 5.92 Å². The number of halogens is 4. The molecule has 4 rings (SSSR count). The van der Waals surface area contributed by atoms with E-state index >= 15 is 0 Å². The molecular formula is C22H19ClF3N3O3S. The Morgan fingerprint density at radius 2 is 1.76 bits per heavy atom. The van der Waals surface area contributed by atoms with Gasteiger partial charge in [-0.15, -0.1) is 0 Å². The third-order valence-electron chi connectivity index (χ3n) is 5.62. The minimum atomic E-state index is -4.44. The summed E-state index contributed by atoms with van der Waals surface area (Å²) >= 11 is 7.07. The van der Waals surface area contributed by atoms with Gasteiger partial charge in [-0.3, -0.25) is 19.0 Å². The first-order valence-corrected chi connectivity index (χ1v) is 11.4. The highest BCUT2D eigenvalue weighted by Crippen LogP contribution is 2.30. The minimum Gasteiger partial charge on any atom is -0.341 e. The van der Waals surface area contributed by atoms with Gasteiger partial charge in [0, 0.05) is 29.7 Å². The van der Waals surface area contributed by atoms with E-state index in [2.05, 4.69) is 5.32 Å². The lowest BCUT2D eigenvalue weighted by molar-refractivity contribution is -0.137. The van der Waals surface area contributed by atoms with Gasteiger partial charge in [-0.2, -0.15) is 13.2 Å². The van der Waals surface area contributed by atoms with Crippen LogP contribution in [0.3, 0.4) is 0 Å². The van der Waals surface area contributed by atoms with Gasteiger partial charge in [0.1, 0.15) is 6.54 Å². The predicted octanol–water partition coefficient (Wildman–Crippen LogP) is 4.61. The van der Waals surface area contributed by atoms with Crippen molar-refractivity contribution in [2.75, 3.05) is 18.4 Å². The summed E-state index contributed by atoms with van der Waals surface area (Å²) in [5.41, 5.74) is 0.109. The highest BCUT2D eigenvalue weighted by Gasteiger charge is 2.31. The molecule has 33 heavy (non-hydrogen) atoms. The summed E-state index contributed by atoms with van der Waals surface area (Å²) in [6, 6.07) is 9.35. The van der Waals surface area contributed by atoms with Crippen LogP contribution >= 0.6 is 22.9 Å². The lowest BCUT2D eigenvalue weighted by Crippen LogP contribution is -2.43. The molecule has 1 N–H and O–H groups in total. The Morgan fingerprint density at radius 1 is 1.09 bits per heavy atom. The average molecular weight is 498 g/mol. The Hall–Kier alpha value is -2.85. The van der Waals surface area contributed by atoms with Crippen LogP contribution < -0.4 is 10.2 Å². The maximum absolute atomic E-state index is 12.8. The van der Waals surface area contributed by atoms with Crippen molar-refractivity contribution in [3.63, 3.8) is 0 Å². The summed E-state index contributed by atoms with van der Waals surface area (Å²) in [6.07, 6.45) is -3.60. The van der Waals surface area contributed by atoms with Gasteiger partial charge >= 0.3 is 11.0 Å². The molecule has 1 fully saturated rings. The molecule has 6 nitrogen and oxygen atoms in total. The Labute approximate surface area is 195 Å². The van der Waals surface area contributed by atoms with Gasteiger partial charge in [0.05, 0.1) is 15.8 Å². The number of hydrogen-bond donors (Lipinski definition) is 1. The molecule has 0 atom stereocenters. The number of fused-ring (bicyclic) bond motifs is 1. The maximum Gasteiger partial charge on any atom is 0.416 e. The van der Waals surface area contributed by atoms with Gasteiger partial charge in [0.25, 0.3) is 0 Å². The van der Waals surface area contributed by atoms with Crippen molar-refractivity contribution in [1.82, 2.24) is 9.47 Å². The van der Waals surface area contributed by atoms with E-state index in [1.165, 1.54) is 16.7 Å². The van der Waals surface area contributed by atoms with Crippen molar-refractivity contribution < 1.29 is 22.8 Å². The molecule has 11 heteroatoms. The lowest BCUT2D eigenvalue weighted by Gasteiger charge is -2.31. The molecule has 2 amide bonds. The molecule has 1 aromatic heterocycles. The summed E-state index contributed by atoms with van der Waals surface area (Å²) in [5.74, 6) is -0.880. The number of amides is 2. The fourth-order valence-corrected chi connectivity index (χ4v) is 4.84. The number of thiazole rings is 1. The Bertz CT molecular complexity index is 1250. The fourth-order valence-electron chi connectivity index (χ4n) is 3.80. The van der Waals surface area contributed by atoms with Crippen LogP contribution in [-0.4, -0.2) is 34.4 Å². The zero-order valence-electron chi connectivity index (χ0n) is 17.2. The van der Waals surface area contributed by atoms with E-state index in [4.69, 9.17) is 11.6 Å². The first-order valence-electron chi connectivity index (χ1n) is 10.2. The normalized spacial score (nSPS) is 15.1. The third kappa shape index (κ3) is 5.22. The fraction of sp³-hybridized carbons (Fsp3) is 0.318. The van der Waals surface area contributed by atoms with Crippen LogP contribution in [0.1, 0.15) is 18.4 Å². The van der Waals surface area contributed by atoms with Crippen molar-refractivity contribution in [3.05, 3.63) is 62.7 Å². The number of aromatic nitrogens is 1. The molecule has 0 unspecified atom stereocenters. The molecule has 1 saturated heterocycles. The highest BCUT2D eigenvalue weighted by molar-refractivity contribution is 7.16. The summed E-state index contributed by atoms with van der Waals surface area (Å²) in [5, 5.41) is 3.11. The number of carbonyl (C=O) groups is 2. The van der Waals surface area contributed by atoms with Gasteiger partial charge in [0.15, 0.2) is 0 Å². The summed E-state index contributed by atoms with van der Waals surface area (Å²) in [6.45, 7) is 0.588. The van der Waals surface area contributed by atoms with Gasteiger partial charge in [-0.25, -0.2) is 0 Å². The number of benzene rings is 2.